The molecule has 0 saturated carbocycles. The molecule has 1 aromatic rings. The molecule has 132 valence electrons. The van der Waals surface area contributed by atoms with E-state index in [-0.39, 0.29) is 18.2 Å². The highest BCUT2D eigenvalue weighted by molar-refractivity contribution is 6.28. The van der Waals surface area contributed by atoms with E-state index in [1.54, 1.807) is 24.3 Å². The number of hydrogen-bond acceptors (Lipinski definition) is 6. The number of nitrogens with zero attached hydrogens (tertiary/aromatic N) is 2. The van der Waals surface area contributed by atoms with Crippen LogP contribution in [-0.4, -0.2) is 34.7 Å². The van der Waals surface area contributed by atoms with Gasteiger partial charge in [-0.15, -0.1) is 0 Å². The third-order valence-corrected chi connectivity index (χ3v) is 3.81. The first-order valence-corrected chi connectivity index (χ1v) is 7.88. The van der Waals surface area contributed by atoms with Crippen molar-refractivity contribution >= 4 is 35.3 Å². The predicted molar refractivity (Wildman–Crippen MR) is 88.1 cm³/mol. The van der Waals surface area contributed by atoms with E-state index in [2.05, 4.69) is 0 Å². The summed E-state index contributed by atoms with van der Waals surface area (Å²) in [4.78, 5) is 63.3. The Kier molecular flexibility index (Phi) is 4.74. The number of hydrogen-bond donors (Lipinski definition) is 0. The number of hydroxylamine groups is 2. The van der Waals surface area contributed by atoms with Crippen LogP contribution in [0.3, 0.4) is 0 Å². The van der Waals surface area contributed by atoms with Gasteiger partial charge in [-0.3, -0.25) is 19.2 Å². The zero-order valence-corrected chi connectivity index (χ0v) is 13.6. The molecule has 0 N–H and O–H groups in total. The predicted octanol–water partition coefficient (Wildman–Crippen LogP) is 0.822. The Bertz CT molecular complexity index is 817. The van der Waals surface area contributed by atoms with Crippen LogP contribution in [0, 0.1) is 0 Å². The van der Waals surface area contributed by atoms with Crippen molar-refractivity contribution in [2.45, 2.75) is 19.3 Å². The van der Waals surface area contributed by atoms with Crippen LogP contribution in [0.4, 0.5) is 5.69 Å². The number of carbonyl (C=O) groups is 5. The number of imide groups is 2. The van der Waals surface area contributed by atoms with Gasteiger partial charge in [0.15, 0.2) is 0 Å². The normalized spacial score (nSPS) is 16.2. The highest BCUT2D eigenvalue weighted by Crippen LogP contribution is 2.20. The third-order valence-electron chi connectivity index (χ3n) is 3.81. The van der Waals surface area contributed by atoms with Gasteiger partial charge in [-0.1, -0.05) is 17.2 Å². The molecule has 0 saturated heterocycles. The summed E-state index contributed by atoms with van der Waals surface area (Å²) >= 11 is 0. The molecule has 0 spiro atoms. The highest BCUT2D eigenvalue weighted by atomic mass is 16.7. The Morgan fingerprint density at radius 3 is 1.92 bits per heavy atom. The topological polar surface area (TPSA) is 101 Å². The van der Waals surface area contributed by atoms with Gasteiger partial charge in [0.25, 0.3) is 23.6 Å². The number of aryl methyl sites for hydroxylation is 1. The lowest BCUT2D eigenvalue weighted by Crippen LogP contribution is -2.32. The van der Waals surface area contributed by atoms with Crippen molar-refractivity contribution < 1.29 is 28.8 Å². The van der Waals surface area contributed by atoms with Gasteiger partial charge in [0.05, 0.1) is 5.69 Å². The van der Waals surface area contributed by atoms with Gasteiger partial charge in [-0.25, -0.2) is 9.69 Å². The van der Waals surface area contributed by atoms with Crippen LogP contribution < -0.4 is 4.90 Å². The van der Waals surface area contributed by atoms with Gasteiger partial charge in [-0.2, -0.15) is 0 Å². The van der Waals surface area contributed by atoms with E-state index in [1.807, 2.05) is 0 Å². The largest absolute Gasteiger partial charge is 0.333 e. The highest BCUT2D eigenvalue weighted by Gasteiger charge is 2.27. The lowest BCUT2D eigenvalue weighted by atomic mass is 10.1. The second-order valence-electron chi connectivity index (χ2n) is 5.63. The molecule has 0 aromatic heterocycles. The minimum atomic E-state index is -0.681. The molecule has 1 aromatic carbocycles. The van der Waals surface area contributed by atoms with Crippen LogP contribution in [0.1, 0.15) is 18.4 Å². The molecule has 26 heavy (non-hydrogen) atoms. The summed E-state index contributed by atoms with van der Waals surface area (Å²) in [5.74, 6) is -2.80. The van der Waals surface area contributed by atoms with Crippen LogP contribution in [0.2, 0.25) is 0 Å². The van der Waals surface area contributed by atoms with Crippen LogP contribution in [0.5, 0.6) is 0 Å². The summed E-state index contributed by atoms with van der Waals surface area (Å²) in [6.07, 6.45) is 5.53. The first-order valence-electron chi connectivity index (χ1n) is 7.88. The molecule has 4 amide bonds. The lowest BCUT2D eigenvalue weighted by Gasteiger charge is -2.14. The van der Waals surface area contributed by atoms with Crippen LogP contribution in [0.25, 0.3) is 0 Å². The maximum Gasteiger partial charge on any atom is 0.333 e. The average Bonchev–Trinajstić information content (AvgIpc) is 3.11. The molecule has 0 bridgehead atoms. The molecule has 2 aliphatic heterocycles. The third kappa shape index (κ3) is 3.59. The van der Waals surface area contributed by atoms with Crippen molar-refractivity contribution in [3.8, 4) is 0 Å². The quantitative estimate of drug-likeness (QED) is 0.701. The van der Waals surface area contributed by atoms with Gasteiger partial charge >= 0.3 is 5.97 Å². The molecule has 8 nitrogen and oxygen atoms in total. The Morgan fingerprint density at radius 1 is 0.808 bits per heavy atom. The van der Waals surface area contributed by atoms with Crippen LogP contribution in [0.15, 0.2) is 48.6 Å². The van der Waals surface area contributed by atoms with Crippen molar-refractivity contribution in [3.63, 3.8) is 0 Å². The maximum absolute atomic E-state index is 11.7. The van der Waals surface area contributed by atoms with Crippen molar-refractivity contribution in [2.75, 3.05) is 4.90 Å². The summed E-state index contributed by atoms with van der Waals surface area (Å²) in [5.41, 5.74) is 1.38. The number of amides is 4. The monoisotopic (exact) mass is 354 g/mol. The number of carbonyl (C=O) groups excluding carboxylic acids is 5. The standard InChI is InChI=1S/C18H14N2O6/c21-14-8-9-15(22)19(14)13-6-4-12(5-7-13)2-1-3-18(25)26-20-16(23)10-11-17(20)24/h4-11H,1-3H2. The molecule has 0 fully saturated rings. The summed E-state index contributed by atoms with van der Waals surface area (Å²) in [7, 11) is 0. The smallest absolute Gasteiger partial charge is 0.330 e. The molecule has 0 atom stereocenters. The molecule has 2 heterocycles. The van der Waals surface area contributed by atoms with Gasteiger partial charge in [0.1, 0.15) is 0 Å². The minimum absolute atomic E-state index is 0.0336. The van der Waals surface area contributed by atoms with E-state index < -0.39 is 17.8 Å². The molecular formula is C18H14N2O6. The zero-order valence-electron chi connectivity index (χ0n) is 13.6. The molecule has 3 rings (SSSR count). The van der Waals surface area contributed by atoms with Gasteiger partial charge in [-0.05, 0) is 30.5 Å². The second kappa shape index (κ2) is 7.14. The molecule has 0 unspecified atom stereocenters. The fourth-order valence-electron chi connectivity index (χ4n) is 2.53. The van der Waals surface area contributed by atoms with Crippen LogP contribution in [-0.2, 0) is 35.2 Å². The first-order chi connectivity index (χ1) is 12.5. The Morgan fingerprint density at radius 2 is 1.35 bits per heavy atom. The Labute approximate surface area is 148 Å². The average molecular weight is 354 g/mol. The van der Waals surface area contributed by atoms with Gasteiger partial charge in [0.2, 0.25) is 0 Å². The molecular weight excluding hydrogens is 340 g/mol. The minimum Gasteiger partial charge on any atom is -0.330 e. The summed E-state index contributed by atoms with van der Waals surface area (Å²) in [6, 6.07) is 6.83. The molecule has 0 aliphatic carbocycles. The van der Waals surface area contributed by atoms with Crippen molar-refractivity contribution in [2.24, 2.45) is 0 Å². The summed E-state index contributed by atoms with van der Waals surface area (Å²) < 4.78 is 0. The van der Waals surface area contributed by atoms with Crippen molar-refractivity contribution in [3.05, 3.63) is 54.1 Å². The lowest BCUT2D eigenvalue weighted by molar-refractivity contribution is -0.196. The molecule has 2 aliphatic rings. The Balaban J connectivity index is 1.47. The van der Waals surface area contributed by atoms with E-state index in [0.29, 0.717) is 23.6 Å². The van der Waals surface area contributed by atoms with E-state index in [9.17, 15) is 24.0 Å². The van der Waals surface area contributed by atoms with E-state index in [4.69, 9.17) is 4.84 Å². The van der Waals surface area contributed by atoms with Gasteiger partial charge in [0, 0.05) is 30.7 Å². The van der Waals surface area contributed by atoms with Gasteiger partial charge < -0.3 is 4.84 Å². The summed E-state index contributed by atoms with van der Waals surface area (Å²) in [5, 5.41) is 0.426. The Hall–Kier alpha value is -3.55. The van der Waals surface area contributed by atoms with Crippen molar-refractivity contribution in [1.82, 2.24) is 5.06 Å². The van der Waals surface area contributed by atoms with E-state index in [1.165, 1.54) is 12.2 Å². The summed E-state index contributed by atoms with van der Waals surface area (Å²) in [6.45, 7) is 0. The van der Waals surface area contributed by atoms with Crippen molar-refractivity contribution in [1.29, 1.82) is 0 Å². The number of rotatable bonds is 6. The SMILES string of the molecule is O=C(CCCc1ccc(N2C(=O)C=CC2=O)cc1)ON1C(=O)C=CC1=O. The number of anilines is 1. The molecule has 8 heteroatoms. The first kappa shape index (κ1) is 17.3. The number of benzene rings is 1. The van der Waals surface area contributed by atoms with E-state index in [0.717, 1.165) is 22.6 Å². The second-order valence-corrected chi connectivity index (χ2v) is 5.63. The fraction of sp³-hybridized carbons (Fsp3) is 0.167. The van der Waals surface area contributed by atoms with E-state index >= 15 is 0 Å². The molecule has 0 radical (unpaired) electrons. The zero-order chi connectivity index (χ0) is 18.7. The van der Waals surface area contributed by atoms with Crippen LogP contribution >= 0.6 is 0 Å². The fourth-order valence-corrected chi connectivity index (χ4v) is 2.53. The maximum atomic E-state index is 11.7.